The van der Waals surface area contributed by atoms with Crippen LogP contribution in [0, 0.1) is 19.8 Å². The number of aryl methyl sites for hydroxylation is 2. The Morgan fingerprint density at radius 1 is 0.938 bits per heavy atom. The van der Waals surface area contributed by atoms with Crippen molar-refractivity contribution in [3.63, 3.8) is 0 Å². The van der Waals surface area contributed by atoms with E-state index < -0.39 is 29.7 Å². The van der Waals surface area contributed by atoms with Gasteiger partial charge in [-0.2, -0.15) is 0 Å². The lowest BCUT2D eigenvalue weighted by Gasteiger charge is -2.26. The molecule has 8 nitrogen and oxygen atoms in total. The maximum Gasteiger partial charge on any atom is 0.276 e. The van der Waals surface area contributed by atoms with Crippen LogP contribution in [-0.4, -0.2) is 41.2 Å². The molecule has 1 atom stereocenters. The Morgan fingerprint density at radius 3 is 2.03 bits per heavy atom. The van der Waals surface area contributed by atoms with E-state index >= 15 is 0 Å². The minimum atomic E-state index is -1.05. The predicted octanol–water partition coefficient (Wildman–Crippen LogP) is 2.54. The van der Waals surface area contributed by atoms with E-state index in [0.717, 1.165) is 16.0 Å². The monoisotopic (exact) mass is 437 g/mol. The largest absolute Gasteiger partial charge is 0.484 e. The number of imide groups is 1. The van der Waals surface area contributed by atoms with Crippen molar-refractivity contribution < 1.29 is 23.9 Å². The number of nitrogens with zero attached hydrogens (tertiary/aromatic N) is 1. The van der Waals surface area contributed by atoms with Crippen LogP contribution in [0.5, 0.6) is 5.75 Å². The summed E-state index contributed by atoms with van der Waals surface area (Å²) in [6, 6.07) is 11.0. The molecule has 1 unspecified atom stereocenters. The molecule has 168 valence electrons. The van der Waals surface area contributed by atoms with Gasteiger partial charge in [-0.1, -0.05) is 32.0 Å². The molecule has 32 heavy (non-hydrogen) atoms. The summed E-state index contributed by atoms with van der Waals surface area (Å²) in [5, 5.41) is 0. The molecule has 2 aromatic rings. The zero-order chi connectivity index (χ0) is 23.4. The molecule has 3 rings (SSSR count). The maximum absolute atomic E-state index is 12.9. The first kappa shape index (κ1) is 23.0. The number of ether oxygens (including phenoxy) is 1. The number of carbonyl (C=O) groups is 4. The van der Waals surface area contributed by atoms with E-state index in [1.807, 2.05) is 33.8 Å². The lowest BCUT2D eigenvalue weighted by Crippen LogP contribution is -2.55. The maximum atomic E-state index is 12.9. The quantitative estimate of drug-likeness (QED) is 0.512. The number of hydrogen-bond acceptors (Lipinski definition) is 5. The third kappa shape index (κ3) is 5.14. The summed E-state index contributed by atoms with van der Waals surface area (Å²) >= 11 is 0. The molecule has 1 heterocycles. The molecule has 0 aromatic heterocycles. The van der Waals surface area contributed by atoms with Gasteiger partial charge in [0.15, 0.2) is 6.61 Å². The number of rotatable bonds is 7. The first-order valence-electron chi connectivity index (χ1n) is 10.4. The van der Waals surface area contributed by atoms with Crippen molar-refractivity contribution in [2.24, 2.45) is 5.92 Å². The van der Waals surface area contributed by atoms with E-state index in [-0.39, 0.29) is 30.1 Å². The highest BCUT2D eigenvalue weighted by molar-refractivity contribution is 6.22. The van der Waals surface area contributed by atoms with Gasteiger partial charge in [-0.05, 0) is 61.6 Å². The van der Waals surface area contributed by atoms with Gasteiger partial charge in [0, 0.05) is 0 Å². The van der Waals surface area contributed by atoms with E-state index in [1.54, 1.807) is 36.4 Å². The van der Waals surface area contributed by atoms with Crippen LogP contribution in [0.3, 0.4) is 0 Å². The third-order valence-corrected chi connectivity index (χ3v) is 5.02. The van der Waals surface area contributed by atoms with Crippen LogP contribution in [0.25, 0.3) is 0 Å². The highest BCUT2D eigenvalue weighted by atomic mass is 16.5. The van der Waals surface area contributed by atoms with Crippen molar-refractivity contribution in [3.8, 4) is 5.75 Å². The minimum Gasteiger partial charge on any atom is -0.484 e. The number of hydrogen-bond donors (Lipinski definition) is 2. The normalized spacial score (nSPS) is 13.7. The summed E-state index contributed by atoms with van der Waals surface area (Å²) in [5.74, 6) is -1.67. The summed E-state index contributed by atoms with van der Waals surface area (Å²) < 4.78 is 5.48. The molecule has 0 bridgehead atoms. The smallest absolute Gasteiger partial charge is 0.276 e. The number of amides is 4. The molecule has 0 radical (unpaired) electrons. The Balaban J connectivity index is 1.63. The number of carbonyl (C=O) groups excluding carboxylic acids is 4. The second-order valence-corrected chi connectivity index (χ2v) is 8.32. The van der Waals surface area contributed by atoms with Crippen LogP contribution >= 0.6 is 0 Å². The van der Waals surface area contributed by atoms with Crippen LogP contribution in [0.2, 0.25) is 0 Å². The van der Waals surface area contributed by atoms with Crippen molar-refractivity contribution in [2.45, 2.75) is 40.2 Å². The molecule has 0 aliphatic carbocycles. The SMILES string of the molecule is Cc1cc(C)cc(OCC(=O)NNC(=O)C(CC(C)C)N2C(=O)c3ccccc3C2=O)c1. The molecule has 0 spiro atoms. The topological polar surface area (TPSA) is 105 Å². The number of hydrazine groups is 1. The zero-order valence-electron chi connectivity index (χ0n) is 18.6. The number of benzene rings is 2. The van der Waals surface area contributed by atoms with Gasteiger partial charge in [0.25, 0.3) is 23.6 Å². The van der Waals surface area contributed by atoms with Gasteiger partial charge in [-0.3, -0.25) is 34.9 Å². The average molecular weight is 437 g/mol. The fraction of sp³-hybridized carbons (Fsp3) is 0.333. The van der Waals surface area contributed by atoms with Gasteiger partial charge in [0.2, 0.25) is 0 Å². The highest BCUT2D eigenvalue weighted by Gasteiger charge is 2.42. The van der Waals surface area contributed by atoms with Crippen LogP contribution in [0.4, 0.5) is 0 Å². The Hall–Kier alpha value is -3.68. The number of nitrogens with one attached hydrogen (secondary N) is 2. The van der Waals surface area contributed by atoms with Gasteiger partial charge in [-0.15, -0.1) is 0 Å². The fourth-order valence-corrected chi connectivity index (χ4v) is 3.68. The summed E-state index contributed by atoms with van der Waals surface area (Å²) in [6.07, 6.45) is 0.256. The standard InChI is InChI=1S/C24H27N3O5/c1-14(2)9-20(27-23(30)18-7-5-6-8-19(18)24(27)31)22(29)26-25-21(28)13-32-17-11-15(3)10-16(4)12-17/h5-8,10-12,14,20H,9,13H2,1-4H3,(H,25,28)(H,26,29). The summed E-state index contributed by atoms with van der Waals surface area (Å²) in [7, 11) is 0. The molecule has 4 amide bonds. The van der Waals surface area contributed by atoms with Crippen LogP contribution in [0.15, 0.2) is 42.5 Å². The van der Waals surface area contributed by atoms with Crippen LogP contribution < -0.4 is 15.6 Å². The summed E-state index contributed by atoms with van der Waals surface area (Å²) in [4.78, 5) is 51.6. The highest BCUT2D eigenvalue weighted by Crippen LogP contribution is 2.27. The molecule has 1 aliphatic rings. The molecular weight excluding hydrogens is 410 g/mol. The van der Waals surface area contributed by atoms with Gasteiger partial charge in [-0.25, -0.2) is 0 Å². The third-order valence-electron chi connectivity index (χ3n) is 5.02. The second-order valence-electron chi connectivity index (χ2n) is 8.32. The minimum absolute atomic E-state index is 0.0265. The zero-order valence-corrected chi connectivity index (χ0v) is 18.6. The molecular formula is C24H27N3O5. The van der Waals surface area contributed by atoms with E-state index in [4.69, 9.17) is 4.74 Å². The lowest BCUT2D eigenvalue weighted by molar-refractivity contribution is -0.132. The lowest BCUT2D eigenvalue weighted by atomic mass is 10.0. The van der Waals surface area contributed by atoms with E-state index in [0.29, 0.717) is 5.75 Å². The Labute approximate surface area is 186 Å². The average Bonchev–Trinajstić information content (AvgIpc) is 2.98. The fourth-order valence-electron chi connectivity index (χ4n) is 3.68. The molecule has 0 saturated heterocycles. The van der Waals surface area contributed by atoms with Crippen LogP contribution in [-0.2, 0) is 9.59 Å². The first-order chi connectivity index (χ1) is 15.2. The molecule has 0 fully saturated rings. The molecule has 2 N–H and O–H groups in total. The summed E-state index contributed by atoms with van der Waals surface area (Å²) in [5.41, 5.74) is 7.17. The van der Waals surface area contributed by atoms with Crippen molar-refractivity contribution in [3.05, 3.63) is 64.7 Å². The van der Waals surface area contributed by atoms with Gasteiger partial charge in [0.05, 0.1) is 11.1 Å². The Morgan fingerprint density at radius 2 is 1.50 bits per heavy atom. The Kier molecular flexibility index (Phi) is 6.92. The predicted molar refractivity (Wildman–Crippen MR) is 118 cm³/mol. The van der Waals surface area contributed by atoms with Gasteiger partial charge < -0.3 is 4.74 Å². The van der Waals surface area contributed by atoms with Crippen LogP contribution in [0.1, 0.15) is 52.1 Å². The molecule has 2 aromatic carbocycles. The van der Waals surface area contributed by atoms with Crippen molar-refractivity contribution in [1.82, 2.24) is 15.8 Å². The number of fused-ring (bicyclic) bond motifs is 1. The summed E-state index contributed by atoms with van der Waals surface area (Å²) in [6.45, 7) is 7.32. The Bertz CT molecular complexity index is 1010. The molecule has 8 heteroatoms. The molecule has 1 aliphatic heterocycles. The second kappa shape index (κ2) is 9.64. The van der Waals surface area contributed by atoms with Crippen molar-refractivity contribution >= 4 is 23.6 Å². The van der Waals surface area contributed by atoms with E-state index in [1.165, 1.54) is 0 Å². The van der Waals surface area contributed by atoms with Crippen molar-refractivity contribution in [2.75, 3.05) is 6.61 Å². The van der Waals surface area contributed by atoms with Crippen molar-refractivity contribution in [1.29, 1.82) is 0 Å². The first-order valence-corrected chi connectivity index (χ1v) is 10.4. The van der Waals surface area contributed by atoms with E-state index in [9.17, 15) is 19.2 Å². The van der Waals surface area contributed by atoms with E-state index in [2.05, 4.69) is 10.9 Å². The van der Waals surface area contributed by atoms with Gasteiger partial charge >= 0.3 is 0 Å². The van der Waals surface area contributed by atoms with Gasteiger partial charge in [0.1, 0.15) is 11.8 Å². The molecule has 0 saturated carbocycles.